The molecule has 3 rings (SSSR count). The predicted molar refractivity (Wildman–Crippen MR) is 116 cm³/mol. The third-order valence-corrected chi connectivity index (χ3v) is 14.8. The maximum atomic E-state index is 13.2. The molecule has 15 heteroatoms. The molecule has 0 atom stereocenters. The maximum Gasteiger partial charge on any atom is 0.485 e. The summed E-state index contributed by atoms with van der Waals surface area (Å²) in [6.45, 7) is 0. The van der Waals surface area contributed by atoms with Crippen molar-refractivity contribution in [2.24, 2.45) is 0 Å². The van der Waals surface area contributed by atoms with Crippen LogP contribution < -0.4 is 13.1 Å². The molecule has 0 aromatic heterocycles. The van der Waals surface area contributed by atoms with Crippen LogP contribution in [-0.4, -0.2) is 46.3 Å². The zero-order valence-corrected chi connectivity index (χ0v) is 20.7. The molecule has 0 unspecified atom stereocenters. The summed E-state index contributed by atoms with van der Waals surface area (Å²) in [6.07, 6.45) is 0. The van der Waals surface area contributed by atoms with Crippen LogP contribution in [0.1, 0.15) is 0 Å². The molecule has 0 bridgehead atoms. The Kier molecular flexibility index (Phi) is 8.83. The summed E-state index contributed by atoms with van der Waals surface area (Å²) in [5.74, 6) is 0. The molecule has 3 aromatic rings. The summed E-state index contributed by atoms with van der Waals surface area (Å²) >= 11 is -4.45. The van der Waals surface area contributed by atoms with E-state index in [1.807, 2.05) is 0 Å². The SMILES string of the molecule is O=S(=O)(O[As+](c1ccccc1)(c1ccccc1)c1ccccc1)C(F)(F)F.O=S(=O)([O-])C(F)(F)F. The summed E-state index contributed by atoms with van der Waals surface area (Å²) in [6, 6.07) is 24.7. The van der Waals surface area contributed by atoms with Gasteiger partial charge in [-0.1, -0.05) is 0 Å². The fraction of sp³-hybridized carbons (Fsp3) is 0.100. The van der Waals surface area contributed by atoms with Crippen LogP contribution in [0.3, 0.4) is 0 Å². The van der Waals surface area contributed by atoms with Crippen molar-refractivity contribution >= 4 is 47.2 Å². The number of alkyl halides is 6. The minimum atomic E-state index is -6.09. The topological polar surface area (TPSA) is 101 Å². The van der Waals surface area contributed by atoms with Crippen molar-refractivity contribution in [3.63, 3.8) is 0 Å². The van der Waals surface area contributed by atoms with Gasteiger partial charge in [0, 0.05) is 0 Å². The first-order valence-corrected chi connectivity index (χ1v) is 15.5. The van der Waals surface area contributed by atoms with Gasteiger partial charge in [0.05, 0.1) is 0 Å². The van der Waals surface area contributed by atoms with Crippen LogP contribution >= 0.6 is 0 Å². The number of halogens is 6. The van der Waals surface area contributed by atoms with Crippen LogP contribution in [0.5, 0.6) is 0 Å². The van der Waals surface area contributed by atoms with Gasteiger partial charge in [-0.05, 0) is 0 Å². The first-order valence-electron chi connectivity index (χ1n) is 9.13. The molecule has 190 valence electrons. The molecule has 0 fully saturated rings. The zero-order valence-electron chi connectivity index (χ0n) is 17.1. The van der Waals surface area contributed by atoms with Gasteiger partial charge in [0.2, 0.25) is 0 Å². The Labute approximate surface area is 199 Å². The number of benzene rings is 3. The van der Waals surface area contributed by atoms with Crippen LogP contribution in [0, 0.1) is 0 Å². The summed E-state index contributed by atoms with van der Waals surface area (Å²) in [5.41, 5.74) is -11.2. The largest absolute Gasteiger partial charge is 0.741 e. The monoisotopic (exact) mass is 604 g/mol. The Morgan fingerprint density at radius 3 is 1.03 bits per heavy atom. The predicted octanol–water partition coefficient (Wildman–Crippen LogP) is 2.57. The Bertz CT molecular complexity index is 1220. The van der Waals surface area contributed by atoms with E-state index in [1.165, 1.54) is 0 Å². The van der Waals surface area contributed by atoms with Crippen LogP contribution in [0.25, 0.3) is 0 Å². The van der Waals surface area contributed by atoms with E-state index in [0.717, 1.165) is 0 Å². The van der Waals surface area contributed by atoms with Gasteiger partial charge in [0.25, 0.3) is 0 Å². The number of hydrogen-bond acceptors (Lipinski definition) is 6. The van der Waals surface area contributed by atoms with Gasteiger partial charge >= 0.3 is 164 Å². The Hall–Kier alpha value is -2.38. The molecule has 0 aliphatic carbocycles. The van der Waals surface area contributed by atoms with E-state index in [2.05, 4.69) is 0 Å². The normalized spacial score (nSPS) is 13.0. The Morgan fingerprint density at radius 2 is 0.829 bits per heavy atom. The fourth-order valence-corrected chi connectivity index (χ4v) is 12.9. The van der Waals surface area contributed by atoms with Crippen LogP contribution in [0.4, 0.5) is 26.3 Å². The number of rotatable bonds is 5. The van der Waals surface area contributed by atoms with E-state index >= 15 is 0 Å². The molecule has 0 heterocycles. The minimum Gasteiger partial charge on any atom is -0.741 e. The van der Waals surface area contributed by atoms with Gasteiger partial charge in [0.1, 0.15) is 0 Å². The van der Waals surface area contributed by atoms with Crippen LogP contribution in [0.15, 0.2) is 91.0 Å². The second kappa shape index (κ2) is 10.7. The van der Waals surface area contributed by atoms with Crippen molar-refractivity contribution in [2.45, 2.75) is 11.0 Å². The van der Waals surface area contributed by atoms with E-state index in [4.69, 9.17) is 16.1 Å². The molecule has 3 aromatic carbocycles. The number of hydrogen-bond donors (Lipinski definition) is 0. The second-order valence-electron chi connectivity index (χ2n) is 6.49. The molecule has 0 aliphatic heterocycles. The second-order valence-corrected chi connectivity index (χ2v) is 16.1. The van der Waals surface area contributed by atoms with Gasteiger partial charge in [-0.3, -0.25) is 0 Å². The summed E-state index contributed by atoms with van der Waals surface area (Å²) < 4.78 is 129. The molecule has 0 saturated heterocycles. The molecule has 0 radical (unpaired) electrons. The van der Waals surface area contributed by atoms with Gasteiger partial charge < -0.3 is 4.55 Å². The van der Waals surface area contributed by atoms with E-state index < -0.39 is 45.1 Å². The fourth-order valence-electron chi connectivity index (χ4n) is 2.68. The zero-order chi connectivity index (χ0) is 26.5. The quantitative estimate of drug-likeness (QED) is 0.192. The smallest absolute Gasteiger partial charge is 0.485 e. The standard InChI is InChI=1S/C19H15AsF3O3S.CHF3O3S/c21-19(22,23)27(24,25)26-20(16-10-4-1-5-11-16,17-12-6-2-7-13-17)18-14-8-3-9-15-18;2-1(3,4)8(5,6)7/h1-15H;(H,5,6,7)/q+1;/p-1. The van der Waals surface area contributed by atoms with Gasteiger partial charge in [-0.25, -0.2) is 8.42 Å². The summed E-state index contributed by atoms with van der Waals surface area (Å²) in [5, 5.41) is 0. The van der Waals surface area contributed by atoms with Crippen molar-refractivity contribution in [2.75, 3.05) is 0 Å². The van der Waals surface area contributed by atoms with Crippen molar-refractivity contribution in [1.29, 1.82) is 0 Å². The van der Waals surface area contributed by atoms with Gasteiger partial charge in [-0.2, -0.15) is 13.2 Å². The summed E-state index contributed by atoms with van der Waals surface area (Å²) in [4.78, 5) is 0. The molecule has 0 amide bonds. The molecule has 0 N–H and O–H groups in total. The third kappa shape index (κ3) is 6.85. The van der Waals surface area contributed by atoms with E-state index in [-0.39, 0.29) is 0 Å². The van der Waals surface area contributed by atoms with E-state index in [9.17, 15) is 34.8 Å². The average Bonchev–Trinajstić information content (AvgIpc) is 2.77. The molecule has 6 nitrogen and oxygen atoms in total. The summed E-state index contributed by atoms with van der Waals surface area (Å²) in [7, 11) is -11.9. The third-order valence-electron chi connectivity index (χ3n) is 4.14. The molecule has 35 heavy (non-hydrogen) atoms. The molecule has 0 saturated carbocycles. The molecule has 0 spiro atoms. The van der Waals surface area contributed by atoms with Crippen LogP contribution in [-0.2, 0) is 23.4 Å². The van der Waals surface area contributed by atoms with Crippen molar-refractivity contribution in [1.82, 2.24) is 0 Å². The van der Waals surface area contributed by atoms with Crippen LogP contribution in [0.2, 0.25) is 0 Å². The average molecular weight is 604 g/mol. The molecule has 0 aliphatic rings. The van der Waals surface area contributed by atoms with Crippen molar-refractivity contribution in [3.8, 4) is 0 Å². The molecular formula is C20H15AsF6O6S2. The maximum absolute atomic E-state index is 13.2. The van der Waals surface area contributed by atoms with Gasteiger partial charge in [0.15, 0.2) is 10.1 Å². The Balaban J connectivity index is 0.000000466. The molecular weight excluding hydrogens is 589 g/mol. The van der Waals surface area contributed by atoms with Gasteiger partial charge in [-0.15, -0.1) is 0 Å². The van der Waals surface area contributed by atoms with Crippen molar-refractivity contribution in [3.05, 3.63) is 91.0 Å². The minimum absolute atomic E-state index is 0.431. The van der Waals surface area contributed by atoms with E-state index in [0.29, 0.717) is 13.1 Å². The first-order chi connectivity index (χ1) is 16.0. The Morgan fingerprint density at radius 1 is 0.571 bits per heavy atom. The van der Waals surface area contributed by atoms with Crippen molar-refractivity contribution < 1.29 is 50.9 Å². The van der Waals surface area contributed by atoms with E-state index in [1.54, 1.807) is 91.0 Å². The first kappa shape index (κ1) is 28.9.